The summed E-state index contributed by atoms with van der Waals surface area (Å²) in [5, 5.41) is 6.86. The lowest BCUT2D eigenvalue weighted by Gasteiger charge is -1.50. The highest BCUT2D eigenvalue weighted by Gasteiger charge is 1.84. The Kier molecular flexibility index (Phi) is 3.34. The molecule has 0 fully saturated rings. The van der Waals surface area contributed by atoms with E-state index in [2.05, 4.69) is 20.6 Å². The molecule has 3 heteroatoms. The zero-order valence-corrected chi connectivity index (χ0v) is 5.57. The fraction of sp³-hybridized carbons (Fsp3) is 0.333. The molecular formula is C3H6NP2+. The van der Waals surface area contributed by atoms with Crippen molar-refractivity contribution in [3.63, 3.8) is 0 Å². The Morgan fingerprint density at radius 3 is 2.33 bits per heavy atom. The first-order valence-electron chi connectivity index (χ1n) is 1.43. The van der Waals surface area contributed by atoms with Crippen LogP contribution in [0.15, 0.2) is 0 Å². The summed E-state index contributed by atoms with van der Waals surface area (Å²) in [6.07, 6.45) is 0. The Labute approximate surface area is 41.0 Å². The molecule has 1 nitrogen and oxygen atoms in total. The zero-order chi connectivity index (χ0) is 4.99. The van der Waals surface area contributed by atoms with Gasteiger partial charge in [-0.15, -0.1) is 5.16 Å². The number of rotatable bonds is 0. The lowest BCUT2D eigenvalue weighted by atomic mass is 11.4. The second-order valence-corrected chi connectivity index (χ2v) is 2.45. The van der Waals surface area contributed by atoms with E-state index in [4.69, 9.17) is 5.16 Å². The van der Waals surface area contributed by atoms with E-state index in [1.165, 1.54) is 0 Å². The van der Waals surface area contributed by atoms with Gasteiger partial charge >= 0.3 is 0 Å². The van der Waals surface area contributed by atoms with Gasteiger partial charge in [0.1, 0.15) is 6.66 Å². The average molecular weight is 118 g/mol. The topological polar surface area (TPSA) is 23.9 Å². The van der Waals surface area contributed by atoms with Gasteiger partial charge in [-0.3, -0.25) is 0 Å². The molecule has 2 atom stereocenters. The van der Waals surface area contributed by atoms with Crippen LogP contribution in [-0.4, -0.2) is 6.66 Å². The lowest BCUT2D eigenvalue weighted by Crippen LogP contribution is -1.36. The van der Waals surface area contributed by atoms with E-state index >= 15 is 0 Å². The lowest BCUT2D eigenvalue weighted by molar-refractivity contribution is 1.63. The third kappa shape index (κ3) is 4.09. The second kappa shape index (κ2) is 3.29. The third-order valence-corrected chi connectivity index (χ3v) is 1.08. The molecule has 32 valence electrons. The van der Waals surface area contributed by atoms with E-state index in [0.29, 0.717) is 0 Å². The van der Waals surface area contributed by atoms with Crippen LogP contribution >= 0.6 is 17.0 Å². The fourth-order valence-electron chi connectivity index (χ4n) is 0.0968. The highest BCUT2D eigenvalue weighted by Crippen LogP contribution is 2.09. The van der Waals surface area contributed by atoms with Crippen LogP contribution in [0, 0.1) is 16.5 Å². The number of hydrogen-bond acceptors (Lipinski definition) is 1. The minimum absolute atomic E-state index is 0.733. The van der Waals surface area contributed by atoms with Gasteiger partial charge in [0.15, 0.2) is 5.66 Å². The first-order chi connectivity index (χ1) is 2.77. The molecule has 0 saturated carbocycles. The predicted molar refractivity (Wildman–Crippen MR) is 33.0 cm³/mol. The van der Waals surface area contributed by atoms with Gasteiger partial charge in [-0.2, -0.15) is 0 Å². The molecule has 0 heterocycles. The van der Waals surface area contributed by atoms with E-state index in [9.17, 15) is 0 Å². The van der Waals surface area contributed by atoms with Gasteiger partial charge in [0.2, 0.25) is 0 Å². The minimum atomic E-state index is -0.733. The highest BCUT2D eigenvalue weighted by atomic mass is 31.1. The van der Waals surface area contributed by atoms with Crippen molar-refractivity contribution in [1.82, 2.24) is 0 Å². The molecule has 0 aromatic carbocycles. The van der Waals surface area contributed by atoms with Crippen molar-refractivity contribution in [1.29, 1.82) is 5.16 Å². The minimum Gasteiger partial charge on any atom is -0.111 e. The van der Waals surface area contributed by atoms with Crippen LogP contribution in [-0.2, 0) is 0 Å². The standard InChI is InChI=1S/C3H6NP2/c1-6(4)3-2-5/h4H,5H2,1H3/q+1. The van der Waals surface area contributed by atoms with Crippen molar-refractivity contribution in [3.8, 4) is 11.3 Å². The quantitative estimate of drug-likeness (QED) is 0.369. The summed E-state index contributed by atoms with van der Waals surface area (Å²) in [4.78, 5) is 0. The molecule has 2 unspecified atom stereocenters. The summed E-state index contributed by atoms with van der Waals surface area (Å²) in [7, 11) is 1.53. The van der Waals surface area contributed by atoms with E-state index in [1.54, 1.807) is 6.66 Å². The summed E-state index contributed by atoms with van der Waals surface area (Å²) in [6.45, 7) is 1.80. The van der Waals surface area contributed by atoms with Crippen LogP contribution in [0.3, 0.4) is 0 Å². The van der Waals surface area contributed by atoms with Gasteiger partial charge < -0.3 is 0 Å². The van der Waals surface area contributed by atoms with Crippen molar-refractivity contribution < 1.29 is 0 Å². The van der Waals surface area contributed by atoms with Crippen LogP contribution in [0.4, 0.5) is 0 Å². The number of nitrogens with one attached hydrogen (secondary N) is 1. The van der Waals surface area contributed by atoms with E-state index in [1.807, 2.05) is 0 Å². The molecule has 0 rings (SSSR count). The smallest absolute Gasteiger partial charge is 0.111 e. The molecule has 0 bridgehead atoms. The van der Waals surface area contributed by atoms with Gasteiger partial charge in [0.05, 0.1) is 0 Å². The zero-order valence-electron chi connectivity index (χ0n) is 3.52. The largest absolute Gasteiger partial charge is 0.284 e. The molecule has 0 saturated heterocycles. The fourth-order valence-corrected chi connectivity index (χ4v) is 0.871. The van der Waals surface area contributed by atoms with E-state index in [-0.39, 0.29) is 0 Å². The Balaban J connectivity index is 3.50. The molecule has 0 amide bonds. The van der Waals surface area contributed by atoms with Gasteiger partial charge in [0.25, 0.3) is 7.71 Å². The van der Waals surface area contributed by atoms with Gasteiger partial charge in [-0.1, -0.05) is 9.24 Å². The van der Waals surface area contributed by atoms with E-state index < -0.39 is 7.71 Å². The van der Waals surface area contributed by atoms with Crippen LogP contribution < -0.4 is 0 Å². The highest BCUT2D eigenvalue weighted by molar-refractivity contribution is 7.51. The second-order valence-electron chi connectivity index (χ2n) is 0.815. The maximum Gasteiger partial charge on any atom is 0.284 e. The molecule has 0 radical (unpaired) electrons. The van der Waals surface area contributed by atoms with Gasteiger partial charge in [-0.25, -0.2) is 0 Å². The van der Waals surface area contributed by atoms with E-state index in [0.717, 1.165) is 0 Å². The Morgan fingerprint density at radius 2 is 2.33 bits per heavy atom. The van der Waals surface area contributed by atoms with Crippen molar-refractivity contribution in [2.24, 2.45) is 0 Å². The Morgan fingerprint density at radius 1 is 1.83 bits per heavy atom. The number of hydrogen-bond donors (Lipinski definition) is 1. The van der Waals surface area contributed by atoms with Crippen LogP contribution in [0.1, 0.15) is 0 Å². The van der Waals surface area contributed by atoms with Crippen molar-refractivity contribution in [3.05, 3.63) is 0 Å². The summed E-state index contributed by atoms with van der Waals surface area (Å²) in [5.74, 6) is 0. The molecule has 0 aromatic heterocycles. The maximum atomic E-state index is 6.86. The summed E-state index contributed by atoms with van der Waals surface area (Å²) in [5.41, 5.74) is 5.23. The van der Waals surface area contributed by atoms with Crippen molar-refractivity contribution >= 4 is 17.0 Å². The molecule has 0 aliphatic rings. The summed E-state index contributed by atoms with van der Waals surface area (Å²) >= 11 is 0. The molecular weight excluding hydrogens is 112 g/mol. The third-order valence-electron chi connectivity index (χ3n) is 0.232. The van der Waals surface area contributed by atoms with Gasteiger partial charge in [0, 0.05) is 0 Å². The Hall–Kier alpha value is 0.0900. The van der Waals surface area contributed by atoms with Crippen LogP contribution in [0.2, 0.25) is 0 Å². The summed E-state index contributed by atoms with van der Waals surface area (Å²) in [6, 6.07) is 0. The van der Waals surface area contributed by atoms with Gasteiger partial charge in [-0.05, 0) is 5.66 Å². The molecule has 6 heavy (non-hydrogen) atoms. The van der Waals surface area contributed by atoms with Crippen molar-refractivity contribution in [2.75, 3.05) is 6.66 Å². The molecule has 0 aliphatic heterocycles. The maximum absolute atomic E-state index is 6.86. The molecule has 0 aliphatic carbocycles. The Bertz CT molecular complexity index is 108. The van der Waals surface area contributed by atoms with Crippen LogP contribution in [0.5, 0.6) is 0 Å². The monoisotopic (exact) mass is 118 g/mol. The average Bonchev–Trinajstić information content (AvgIpc) is 1.35. The normalized spacial score (nSPS) is 8.67. The molecule has 1 N–H and O–H groups in total. The summed E-state index contributed by atoms with van der Waals surface area (Å²) < 4.78 is 0. The predicted octanol–water partition coefficient (Wildman–Crippen LogP) is 1.65. The SMILES string of the molecule is C[P+](=N)C#CP. The first kappa shape index (κ1) is 6.09. The van der Waals surface area contributed by atoms with Crippen LogP contribution in [0.25, 0.3) is 0 Å². The first-order valence-corrected chi connectivity index (χ1v) is 3.80. The molecule has 0 spiro atoms. The molecule has 0 aromatic rings. The van der Waals surface area contributed by atoms with Crippen molar-refractivity contribution in [2.45, 2.75) is 0 Å².